The fourth-order valence-corrected chi connectivity index (χ4v) is 6.63. The van der Waals surface area contributed by atoms with Gasteiger partial charge in [-0.1, -0.05) is 90.3 Å². The number of Topliss-reactive ketones (excluding diaryl/α,β-unsaturated/α-hetero) is 1. The second kappa shape index (κ2) is 17.2. The van der Waals surface area contributed by atoms with Crippen molar-refractivity contribution in [3.63, 3.8) is 0 Å². The molecule has 0 radical (unpaired) electrons. The van der Waals surface area contributed by atoms with Crippen molar-refractivity contribution < 1.29 is 14.4 Å². The highest BCUT2D eigenvalue weighted by atomic mass is 16.2. The molecule has 1 saturated carbocycles. The van der Waals surface area contributed by atoms with Gasteiger partial charge in [0.25, 0.3) is 0 Å². The van der Waals surface area contributed by atoms with Gasteiger partial charge in [-0.3, -0.25) is 14.4 Å². The van der Waals surface area contributed by atoms with Gasteiger partial charge >= 0.3 is 0 Å². The Hall–Kier alpha value is -3.17. The van der Waals surface area contributed by atoms with Crippen LogP contribution in [0.15, 0.2) is 65.4 Å². The maximum absolute atomic E-state index is 13.8. The average Bonchev–Trinajstić information content (AvgIpc) is 3.38. The molecule has 43 heavy (non-hydrogen) atoms. The number of carbonyl (C=O) groups is 3. The molecule has 0 bridgehead atoms. The van der Waals surface area contributed by atoms with Crippen molar-refractivity contribution >= 4 is 17.6 Å². The van der Waals surface area contributed by atoms with E-state index in [9.17, 15) is 14.4 Å². The van der Waals surface area contributed by atoms with Crippen molar-refractivity contribution in [1.82, 2.24) is 10.6 Å². The van der Waals surface area contributed by atoms with Gasteiger partial charge in [0.15, 0.2) is 5.78 Å². The number of nitrogens with one attached hydrogen (secondary N) is 2. The Balaban J connectivity index is 1.73. The zero-order valence-corrected chi connectivity index (χ0v) is 27.4. The Kier molecular flexibility index (Phi) is 13.7. The Morgan fingerprint density at radius 1 is 0.977 bits per heavy atom. The number of rotatable bonds is 16. The summed E-state index contributed by atoms with van der Waals surface area (Å²) in [5, 5.41) is 6.46. The molecule has 234 valence electrons. The Morgan fingerprint density at radius 3 is 2.35 bits per heavy atom. The minimum atomic E-state index is -0.638. The van der Waals surface area contributed by atoms with Crippen LogP contribution in [-0.2, 0) is 16.0 Å². The second-order valence-corrected chi connectivity index (χ2v) is 13.0. The standard InChI is InChI=1S/C38H54N2O3/c1-7-10-16-28-20-22-29(23-21-28)36(41)32-18-13-19-33(32)37(42)40-35(24-26(4)5)38(43)39-34(14-8-2)31(9-3)30-17-12-11-15-27(6)25-30/h12,15,17,20-23,25-26,31-35H,7-10,13-14,16,18-19,24H2,1-6H3,(H,39,43)(H,40,42)/t31?,32?,33?,34-,35+/m1/s1. The van der Waals surface area contributed by atoms with Crippen molar-refractivity contribution in [3.05, 3.63) is 76.6 Å². The molecule has 0 aromatic heterocycles. The number of benzene rings is 1. The molecule has 0 saturated heterocycles. The molecule has 2 aliphatic carbocycles. The lowest BCUT2D eigenvalue weighted by Gasteiger charge is -2.31. The van der Waals surface area contributed by atoms with Crippen LogP contribution >= 0.6 is 0 Å². The second-order valence-electron chi connectivity index (χ2n) is 13.0. The summed E-state index contributed by atoms with van der Waals surface area (Å²) < 4.78 is 0. The van der Waals surface area contributed by atoms with E-state index in [0.29, 0.717) is 24.8 Å². The molecule has 3 rings (SSSR count). The third kappa shape index (κ3) is 9.93. The maximum atomic E-state index is 13.8. The van der Waals surface area contributed by atoms with Crippen LogP contribution in [0.3, 0.4) is 0 Å². The highest BCUT2D eigenvalue weighted by Crippen LogP contribution is 2.35. The minimum Gasteiger partial charge on any atom is -0.351 e. The minimum absolute atomic E-state index is 0.0434. The van der Waals surface area contributed by atoms with E-state index in [-0.39, 0.29) is 41.4 Å². The lowest BCUT2D eigenvalue weighted by Crippen LogP contribution is -2.53. The predicted octanol–water partition coefficient (Wildman–Crippen LogP) is 8.07. The van der Waals surface area contributed by atoms with Crippen LogP contribution in [0.4, 0.5) is 0 Å². The topological polar surface area (TPSA) is 75.3 Å². The SMILES string of the molecule is CCCCc1ccc(C(=O)C2CCCC2C(=O)N[C@@H](CC(C)C)C(=O)N[C@H](CCC)C(CC)C2=CC=C=CC(C)=C2)cc1. The van der Waals surface area contributed by atoms with Crippen LogP contribution in [0.5, 0.6) is 0 Å². The van der Waals surface area contributed by atoms with E-state index < -0.39 is 12.0 Å². The Morgan fingerprint density at radius 2 is 1.70 bits per heavy atom. The van der Waals surface area contributed by atoms with E-state index in [4.69, 9.17) is 0 Å². The smallest absolute Gasteiger partial charge is 0.242 e. The first kappa shape index (κ1) is 34.3. The van der Waals surface area contributed by atoms with E-state index in [1.165, 1.54) is 11.1 Å². The fraction of sp³-hybridized carbons (Fsp3) is 0.579. The van der Waals surface area contributed by atoms with Crippen LogP contribution in [-0.4, -0.2) is 29.7 Å². The highest BCUT2D eigenvalue weighted by Gasteiger charge is 2.39. The van der Waals surface area contributed by atoms with Gasteiger partial charge in [0.1, 0.15) is 6.04 Å². The molecule has 0 heterocycles. The lowest BCUT2D eigenvalue weighted by atomic mass is 9.85. The molecule has 1 aromatic carbocycles. The normalized spacial score (nSPS) is 20.2. The van der Waals surface area contributed by atoms with Crippen LogP contribution in [0, 0.1) is 23.7 Å². The number of aryl methyl sites for hydroxylation is 1. The van der Waals surface area contributed by atoms with Crippen LogP contribution < -0.4 is 10.6 Å². The van der Waals surface area contributed by atoms with Gasteiger partial charge in [-0.2, -0.15) is 0 Å². The average molecular weight is 587 g/mol. The molecule has 1 aromatic rings. The number of hydrogen-bond acceptors (Lipinski definition) is 3. The number of amides is 2. The van der Waals surface area contributed by atoms with Gasteiger partial charge in [-0.15, -0.1) is 5.73 Å². The third-order valence-electron chi connectivity index (χ3n) is 8.95. The van der Waals surface area contributed by atoms with E-state index >= 15 is 0 Å². The van der Waals surface area contributed by atoms with Gasteiger partial charge in [0.2, 0.25) is 11.8 Å². The molecule has 0 spiro atoms. The summed E-state index contributed by atoms with van der Waals surface area (Å²) in [4.78, 5) is 41.1. The molecule has 3 unspecified atom stereocenters. The molecule has 0 aliphatic heterocycles. The molecule has 5 nitrogen and oxygen atoms in total. The molecule has 2 aliphatic rings. The number of hydrogen-bond donors (Lipinski definition) is 2. The molecule has 2 N–H and O–H groups in total. The summed E-state index contributed by atoms with van der Waals surface area (Å²) >= 11 is 0. The zero-order chi connectivity index (χ0) is 31.4. The molecular formula is C38H54N2O3. The van der Waals surface area contributed by atoms with Crippen LogP contribution in [0.1, 0.15) is 115 Å². The third-order valence-corrected chi connectivity index (χ3v) is 8.95. The summed E-state index contributed by atoms with van der Waals surface area (Å²) in [6.45, 7) is 12.7. The van der Waals surface area contributed by atoms with Gasteiger partial charge in [-0.25, -0.2) is 0 Å². The summed E-state index contributed by atoms with van der Waals surface area (Å²) in [6, 6.07) is 7.24. The van der Waals surface area contributed by atoms with Crippen LogP contribution in [0.25, 0.3) is 0 Å². The van der Waals surface area contributed by atoms with E-state index in [1.54, 1.807) is 0 Å². The molecular weight excluding hydrogens is 532 g/mol. The predicted molar refractivity (Wildman–Crippen MR) is 177 cm³/mol. The van der Waals surface area contributed by atoms with Crippen molar-refractivity contribution in [2.75, 3.05) is 0 Å². The van der Waals surface area contributed by atoms with E-state index in [1.807, 2.05) is 36.4 Å². The molecule has 5 heteroatoms. The molecule has 1 fully saturated rings. The first-order valence-corrected chi connectivity index (χ1v) is 16.7. The van der Waals surface area contributed by atoms with Gasteiger partial charge in [0, 0.05) is 29.4 Å². The Labute approximate surface area is 260 Å². The number of ketones is 1. The zero-order valence-electron chi connectivity index (χ0n) is 27.4. The van der Waals surface area contributed by atoms with Crippen molar-refractivity contribution in [2.45, 2.75) is 118 Å². The van der Waals surface area contributed by atoms with Gasteiger partial charge in [0.05, 0.1) is 0 Å². The van der Waals surface area contributed by atoms with Gasteiger partial charge in [-0.05, 0) is 86.6 Å². The Bertz CT molecular complexity index is 1220. The summed E-state index contributed by atoms with van der Waals surface area (Å²) in [5.74, 6) is -0.636. The van der Waals surface area contributed by atoms with Crippen molar-refractivity contribution in [2.24, 2.45) is 23.7 Å². The lowest BCUT2D eigenvalue weighted by molar-refractivity contribution is -0.132. The highest BCUT2D eigenvalue weighted by molar-refractivity contribution is 6.01. The van der Waals surface area contributed by atoms with E-state index in [2.05, 4.69) is 70.1 Å². The number of carbonyl (C=O) groups excluding carboxylic acids is 3. The van der Waals surface area contributed by atoms with Crippen molar-refractivity contribution in [3.8, 4) is 0 Å². The number of unbranched alkanes of at least 4 members (excludes halogenated alkanes) is 1. The largest absolute Gasteiger partial charge is 0.351 e. The maximum Gasteiger partial charge on any atom is 0.242 e. The number of allylic oxidation sites excluding steroid dienone is 4. The van der Waals surface area contributed by atoms with Gasteiger partial charge < -0.3 is 10.6 Å². The fourth-order valence-electron chi connectivity index (χ4n) is 6.63. The van der Waals surface area contributed by atoms with E-state index in [0.717, 1.165) is 50.5 Å². The molecule has 2 amide bonds. The summed E-state index contributed by atoms with van der Waals surface area (Å²) in [5.41, 5.74) is 7.43. The summed E-state index contributed by atoms with van der Waals surface area (Å²) in [6.07, 6.45) is 16.9. The molecule has 5 atom stereocenters. The van der Waals surface area contributed by atoms with Crippen LogP contribution in [0.2, 0.25) is 0 Å². The van der Waals surface area contributed by atoms with Crippen molar-refractivity contribution in [1.29, 1.82) is 0 Å². The first-order chi connectivity index (χ1) is 20.7. The monoisotopic (exact) mass is 586 g/mol. The quantitative estimate of drug-likeness (QED) is 0.152. The summed E-state index contributed by atoms with van der Waals surface area (Å²) in [7, 11) is 0. The first-order valence-electron chi connectivity index (χ1n) is 16.7.